The topological polar surface area (TPSA) is 119 Å². The summed E-state index contributed by atoms with van der Waals surface area (Å²) in [6.45, 7) is 6.54. The minimum atomic E-state index is -0.785. The van der Waals surface area contributed by atoms with Crippen LogP contribution in [0.4, 0.5) is 10.2 Å². The molecule has 2 aliphatic rings. The molecule has 1 aliphatic heterocycles. The lowest BCUT2D eigenvalue weighted by Gasteiger charge is -2.41. The van der Waals surface area contributed by atoms with Crippen LogP contribution in [0.1, 0.15) is 49.6 Å². The van der Waals surface area contributed by atoms with E-state index in [1.54, 1.807) is 10.7 Å². The molecule has 11 heteroatoms. The molecule has 2 aromatic heterocycles. The smallest absolute Gasteiger partial charge is 0.306 e. The number of nitrogens with two attached hydrogens (primary N) is 1. The molecule has 9 nitrogen and oxygen atoms in total. The Morgan fingerprint density at radius 3 is 2.82 bits per heavy atom. The maximum Gasteiger partial charge on any atom is 0.306 e. The van der Waals surface area contributed by atoms with Crippen molar-refractivity contribution in [1.82, 2.24) is 24.6 Å². The number of nitrogen functional groups attached to an aromatic ring is 1. The normalized spacial score (nSPS) is 23.6. The molecule has 180 valence electrons. The van der Waals surface area contributed by atoms with Crippen molar-refractivity contribution >= 4 is 34.4 Å². The predicted molar refractivity (Wildman–Crippen MR) is 124 cm³/mol. The van der Waals surface area contributed by atoms with Crippen molar-refractivity contribution in [3.63, 3.8) is 0 Å². The maximum atomic E-state index is 15.3. The van der Waals surface area contributed by atoms with Gasteiger partial charge in [0.15, 0.2) is 5.65 Å². The van der Waals surface area contributed by atoms with Crippen molar-refractivity contribution < 1.29 is 19.0 Å². The number of fused-ring (bicyclic) bond motifs is 2. The third-order valence-electron chi connectivity index (χ3n) is 6.95. The van der Waals surface area contributed by atoms with E-state index in [1.165, 1.54) is 6.33 Å². The van der Waals surface area contributed by atoms with E-state index < -0.39 is 11.8 Å². The SMILES string of the molecule is Cc1nn(C(C)c2cc(Cl)c(F)c3c2O[C@H](C)CN(C2CC(C(=O)O)C2)C3)c2ncnc(N)c12. The second-order valence-electron chi connectivity index (χ2n) is 9.25. The van der Waals surface area contributed by atoms with Gasteiger partial charge >= 0.3 is 5.97 Å². The van der Waals surface area contributed by atoms with E-state index in [2.05, 4.69) is 20.0 Å². The highest BCUT2D eigenvalue weighted by Gasteiger charge is 2.40. The Hall–Kier alpha value is -2.98. The van der Waals surface area contributed by atoms with Crippen LogP contribution < -0.4 is 10.5 Å². The van der Waals surface area contributed by atoms with Crippen molar-refractivity contribution in [2.75, 3.05) is 12.3 Å². The summed E-state index contributed by atoms with van der Waals surface area (Å²) in [6, 6.07) is 1.27. The van der Waals surface area contributed by atoms with Gasteiger partial charge in [0, 0.05) is 30.3 Å². The lowest BCUT2D eigenvalue weighted by molar-refractivity contribution is -0.147. The van der Waals surface area contributed by atoms with E-state index in [0.717, 1.165) is 0 Å². The molecule has 1 aromatic carbocycles. The molecule has 1 saturated carbocycles. The van der Waals surface area contributed by atoms with E-state index in [0.29, 0.717) is 58.8 Å². The molecule has 3 heterocycles. The molecule has 0 amide bonds. The van der Waals surface area contributed by atoms with Gasteiger partial charge in [-0.15, -0.1) is 0 Å². The molecule has 34 heavy (non-hydrogen) atoms. The number of aryl methyl sites for hydroxylation is 1. The standard InChI is InChI=1S/C23H26ClFN6O3/c1-10-7-30(14-4-13(5-14)23(32)33)8-16-19(25)17(24)6-15(20(16)34-10)12(3)31-22-18(11(2)29-31)21(26)27-9-28-22/h6,9-10,12-14H,4-5,7-8H2,1-3H3,(H,32,33)(H2,26,27,28)/t10-,12?,13?,14?/m1/s1. The van der Waals surface area contributed by atoms with E-state index in [-0.39, 0.29) is 35.7 Å². The minimum Gasteiger partial charge on any atom is -0.489 e. The summed E-state index contributed by atoms with van der Waals surface area (Å²) in [7, 11) is 0. The molecule has 5 rings (SSSR count). The molecule has 0 radical (unpaired) electrons. The number of hydrogen-bond donors (Lipinski definition) is 2. The fourth-order valence-corrected chi connectivity index (χ4v) is 5.28. The first kappa shape index (κ1) is 22.8. The van der Waals surface area contributed by atoms with Gasteiger partial charge in [-0.25, -0.2) is 19.0 Å². The average molecular weight is 489 g/mol. The molecule has 1 unspecified atom stereocenters. The third kappa shape index (κ3) is 3.65. The second kappa shape index (κ2) is 8.35. The summed E-state index contributed by atoms with van der Waals surface area (Å²) in [5, 5.41) is 14.6. The first-order valence-corrected chi connectivity index (χ1v) is 11.6. The molecule has 3 N–H and O–H groups in total. The Bertz CT molecular complexity index is 1290. The summed E-state index contributed by atoms with van der Waals surface area (Å²) in [5.41, 5.74) is 8.38. The monoisotopic (exact) mass is 488 g/mol. The number of ether oxygens (including phenoxy) is 1. The number of hydrogen-bond acceptors (Lipinski definition) is 7. The second-order valence-corrected chi connectivity index (χ2v) is 9.66. The van der Waals surface area contributed by atoms with Gasteiger partial charge in [0.1, 0.15) is 29.8 Å². The van der Waals surface area contributed by atoms with Crippen molar-refractivity contribution in [3.05, 3.63) is 40.1 Å². The van der Waals surface area contributed by atoms with Crippen molar-refractivity contribution in [2.45, 2.75) is 58.3 Å². The van der Waals surface area contributed by atoms with Crippen LogP contribution in [-0.4, -0.2) is 54.4 Å². The molecular formula is C23H26ClFN6O3. The molecule has 0 saturated heterocycles. The first-order valence-electron chi connectivity index (χ1n) is 11.2. The summed E-state index contributed by atoms with van der Waals surface area (Å²) in [4.78, 5) is 21.8. The van der Waals surface area contributed by atoms with E-state index in [9.17, 15) is 9.90 Å². The summed E-state index contributed by atoms with van der Waals surface area (Å²) in [5.74, 6) is -0.866. The number of halogens is 2. The minimum absolute atomic E-state index is 0.00181. The van der Waals surface area contributed by atoms with Crippen molar-refractivity contribution in [2.24, 2.45) is 5.92 Å². The Morgan fingerprint density at radius 1 is 1.38 bits per heavy atom. The molecule has 1 fully saturated rings. The van der Waals surface area contributed by atoms with Crippen LogP contribution in [0.25, 0.3) is 11.0 Å². The molecular weight excluding hydrogens is 463 g/mol. The quantitative estimate of drug-likeness (QED) is 0.572. The number of benzene rings is 1. The number of carboxylic acids is 1. The fourth-order valence-electron chi connectivity index (χ4n) is 5.05. The number of aromatic nitrogens is 4. The largest absolute Gasteiger partial charge is 0.489 e. The number of nitrogens with zero attached hydrogens (tertiary/aromatic N) is 5. The van der Waals surface area contributed by atoms with Gasteiger partial charge in [-0.1, -0.05) is 11.6 Å². The maximum absolute atomic E-state index is 15.3. The summed E-state index contributed by atoms with van der Waals surface area (Å²) < 4.78 is 23.3. The molecule has 1 aliphatic carbocycles. The third-order valence-corrected chi connectivity index (χ3v) is 7.23. The van der Waals surface area contributed by atoms with Crippen molar-refractivity contribution in [3.8, 4) is 5.75 Å². The Kier molecular flexibility index (Phi) is 5.60. The van der Waals surface area contributed by atoms with Crippen LogP contribution in [0, 0.1) is 18.7 Å². The molecule has 2 atom stereocenters. The first-order chi connectivity index (χ1) is 16.2. The Morgan fingerprint density at radius 2 is 2.12 bits per heavy atom. The molecule has 3 aromatic rings. The van der Waals surface area contributed by atoms with E-state index in [4.69, 9.17) is 22.1 Å². The molecule has 0 spiro atoms. The Labute approximate surface area is 200 Å². The number of carboxylic acid groups (broad SMARTS) is 1. The lowest BCUT2D eigenvalue weighted by atomic mass is 9.79. The summed E-state index contributed by atoms with van der Waals surface area (Å²) >= 11 is 6.36. The Balaban J connectivity index is 1.56. The highest BCUT2D eigenvalue weighted by atomic mass is 35.5. The van der Waals surface area contributed by atoms with Gasteiger partial charge in [-0.3, -0.25) is 9.69 Å². The number of aliphatic carboxylic acids is 1. The van der Waals surface area contributed by atoms with Crippen LogP contribution in [0.2, 0.25) is 5.02 Å². The zero-order valence-electron chi connectivity index (χ0n) is 19.1. The number of carbonyl (C=O) groups is 1. The van der Waals surface area contributed by atoms with Crippen LogP contribution >= 0.6 is 11.6 Å². The van der Waals surface area contributed by atoms with Crippen LogP contribution in [0.3, 0.4) is 0 Å². The zero-order chi connectivity index (χ0) is 24.3. The predicted octanol–water partition coefficient (Wildman–Crippen LogP) is 3.56. The van der Waals surface area contributed by atoms with E-state index in [1.807, 2.05) is 20.8 Å². The summed E-state index contributed by atoms with van der Waals surface area (Å²) in [6.07, 6.45) is 2.25. The average Bonchev–Trinajstić information content (AvgIpc) is 2.98. The van der Waals surface area contributed by atoms with Gasteiger partial charge in [0.05, 0.1) is 28.1 Å². The highest BCUT2D eigenvalue weighted by Crippen LogP contribution is 2.42. The van der Waals surface area contributed by atoms with Crippen LogP contribution in [-0.2, 0) is 11.3 Å². The molecule has 0 bridgehead atoms. The zero-order valence-corrected chi connectivity index (χ0v) is 19.9. The van der Waals surface area contributed by atoms with Crippen LogP contribution in [0.5, 0.6) is 5.75 Å². The van der Waals surface area contributed by atoms with Gasteiger partial charge in [0.25, 0.3) is 0 Å². The van der Waals surface area contributed by atoms with E-state index >= 15 is 4.39 Å². The van der Waals surface area contributed by atoms with Crippen molar-refractivity contribution in [1.29, 1.82) is 0 Å². The van der Waals surface area contributed by atoms with Gasteiger partial charge in [-0.05, 0) is 39.7 Å². The fraction of sp³-hybridized carbons (Fsp3) is 0.478. The number of rotatable bonds is 4. The van der Waals surface area contributed by atoms with Gasteiger partial charge in [-0.2, -0.15) is 5.10 Å². The van der Waals surface area contributed by atoms with Crippen LogP contribution in [0.15, 0.2) is 12.4 Å². The lowest BCUT2D eigenvalue weighted by Crippen LogP contribution is -2.48. The highest BCUT2D eigenvalue weighted by molar-refractivity contribution is 6.31. The van der Waals surface area contributed by atoms with Gasteiger partial charge < -0.3 is 15.6 Å². The number of anilines is 1. The van der Waals surface area contributed by atoms with Gasteiger partial charge in [0.2, 0.25) is 0 Å².